The molecule has 0 saturated heterocycles. The third-order valence-electron chi connectivity index (χ3n) is 4.96. The molecular weight excluding hydrogens is 490 g/mol. The summed E-state index contributed by atoms with van der Waals surface area (Å²) in [6.45, 7) is 3.57. The van der Waals surface area contributed by atoms with E-state index in [0.29, 0.717) is 10.2 Å². The van der Waals surface area contributed by atoms with Crippen molar-refractivity contribution in [1.29, 1.82) is 0 Å². The van der Waals surface area contributed by atoms with Crippen molar-refractivity contribution < 1.29 is 17.9 Å². The van der Waals surface area contributed by atoms with E-state index in [-0.39, 0.29) is 10.6 Å². The number of anilines is 1. The molecule has 3 aromatic rings. The number of hydrogen-bond acceptors (Lipinski definition) is 4. The van der Waals surface area contributed by atoms with Gasteiger partial charge in [0.05, 0.1) is 15.1 Å². The molecule has 0 N–H and O–H groups in total. The van der Waals surface area contributed by atoms with Crippen LogP contribution in [-0.4, -0.2) is 20.9 Å². The van der Waals surface area contributed by atoms with Gasteiger partial charge in [-0.2, -0.15) is 4.31 Å². The van der Waals surface area contributed by atoms with Crippen LogP contribution in [0.3, 0.4) is 0 Å². The number of unbranched alkanes of at least 4 members (excludes halogenated alkanes) is 1. The topological polar surface area (TPSA) is 63.7 Å². The molecule has 32 heavy (non-hydrogen) atoms. The summed E-state index contributed by atoms with van der Waals surface area (Å²) >= 11 is 3.37. The molecule has 0 unspecified atom stereocenters. The average molecular weight is 516 g/mol. The molecule has 0 aliphatic rings. The first-order valence-corrected chi connectivity index (χ1v) is 12.7. The third-order valence-corrected chi connectivity index (χ3v) is 7.38. The number of amides is 1. The van der Waals surface area contributed by atoms with Crippen LogP contribution >= 0.6 is 15.9 Å². The van der Waals surface area contributed by atoms with Gasteiger partial charge in [-0.15, -0.1) is 0 Å². The fraction of sp³-hybridized carbons (Fsp3) is 0.240. The Balaban J connectivity index is 1.94. The van der Waals surface area contributed by atoms with Crippen LogP contribution in [0.25, 0.3) is 0 Å². The van der Waals surface area contributed by atoms with Crippen molar-refractivity contribution in [2.24, 2.45) is 0 Å². The quantitative estimate of drug-likeness (QED) is 0.355. The summed E-state index contributed by atoms with van der Waals surface area (Å²) in [6.07, 6.45) is 3.02. The van der Waals surface area contributed by atoms with E-state index in [2.05, 4.69) is 22.9 Å². The predicted molar refractivity (Wildman–Crippen MR) is 131 cm³/mol. The summed E-state index contributed by atoms with van der Waals surface area (Å²) in [5.41, 5.74) is 2.31. The summed E-state index contributed by atoms with van der Waals surface area (Å²) in [4.78, 5) is 13.2. The number of aryl methyl sites for hydroxylation is 2. The lowest BCUT2D eigenvalue weighted by atomic mass is 10.1. The Bertz CT molecular complexity index is 1160. The van der Waals surface area contributed by atoms with Gasteiger partial charge in [0.15, 0.2) is 6.61 Å². The molecule has 0 aliphatic heterocycles. The minimum absolute atomic E-state index is 0.0485. The summed E-state index contributed by atoms with van der Waals surface area (Å²) in [7, 11) is -4.12. The number of carbonyl (C=O) groups is 1. The molecule has 168 valence electrons. The monoisotopic (exact) mass is 515 g/mol. The van der Waals surface area contributed by atoms with Crippen molar-refractivity contribution in [2.75, 3.05) is 10.9 Å². The molecule has 0 spiro atoms. The lowest BCUT2D eigenvalue weighted by Crippen LogP contribution is -2.40. The molecule has 0 bridgehead atoms. The fourth-order valence-electron chi connectivity index (χ4n) is 3.17. The maximum Gasteiger partial charge on any atom is 0.278 e. The summed E-state index contributed by atoms with van der Waals surface area (Å²) in [6, 6.07) is 20.6. The number of ether oxygens (including phenoxy) is 1. The molecule has 7 heteroatoms. The van der Waals surface area contributed by atoms with Crippen LogP contribution in [0.5, 0.6) is 5.75 Å². The number of benzene rings is 3. The van der Waals surface area contributed by atoms with Gasteiger partial charge < -0.3 is 4.74 Å². The predicted octanol–water partition coefficient (Wildman–Crippen LogP) is 5.90. The summed E-state index contributed by atoms with van der Waals surface area (Å²) in [5.74, 6) is -0.217. The Morgan fingerprint density at radius 3 is 2.25 bits per heavy atom. The van der Waals surface area contributed by atoms with E-state index in [0.717, 1.165) is 34.7 Å². The van der Waals surface area contributed by atoms with Crippen LogP contribution < -0.4 is 9.04 Å². The number of carbonyl (C=O) groups excluding carboxylic acids is 1. The van der Waals surface area contributed by atoms with E-state index in [4.69, 9.17) is 4.74 Å². The largest absolute Gasteiger partial charge is 0.483 e. The Labute approximate surface area is 198 Å². The van der Waals surface area contributed by atoms with E-state index in [1.807, 2.05) is 25.1 Å². The van der Waals surface area contributed by atoms with Gasteiger partial charge in [0, 0.05) is 0 Å². The van der Waals surface area contributed by atoms with Gasteiger partial charge in [0.1, 0.15) is 5.75 Å². The van der Waals surface area contributed by atoms with E-state index in [1.54, 1.807) is 42.5 Å². The number of rotatable bonds is 9. The van der Waals surface area contributed by atoms with Crippen LogP contribution in [0, 0.1) is 6.92 Å². The highest BCUT2D eigenvalue weighted by atomic mass is 79.9. The lowest BCUT2D eigenvalue weighted by molar-refractivity contribution is -0.119. The molecule has 0 saturated carbocycles. The molecule has 0 atom stereocenters. The van der Waals surface area contributed by atoms with Gasteiger partial charge in [0.25, 0.3) is 15.9 Å². The smallest absolute Gasteiger partial charge is 0.278 e. The zero-order chi connectivity index (χ0) is 23.1. The van der Waals surface area contributed by atoms with E-state index < -0.39 is 22.5 Å². The van der Waals surface area contributed by atoms with Crippen LogP contribution in [0.4, 0.5) is 5.69 Å². The Morgan fingerprint density at radius 1 is 0.969 bits per heavy atom. The van der Waals surface area contributed by atoms with Crippen molar-refractivity contribution in [1.82, 2.24) is 0 Å². The molecule has 1 amide bonds. The summed E-state index contributed by atoms with van der Waals surface area (Å²) in [5, 5.41) is 0. The van der Waals surface area contributed by atoms with Crippen molar-refractivity contribution in [2.45, 2.75) is 38.0 Å². The van der Waals surface area contributed by atoms with Gasteiger partial charge in [-0.05, 0) is 77.7 Å². The third kappa shape index (κ3) is 5.78. The first-order chi connectivity index (χ1) is 15.3. The first kappa shape index (κ1) is 24.0. The second-order valence-corrected chi connectivity index (χ2v) is 10.1. The standard InChI is InChI=1S/C25H26BrNO4S/c1-3-4-7-20-12-14-21(15-13-20)27(32(29,30)22-16-10-19(2)11-17-22)25(28)18-31-24-9-6-5-8-23(24)26/h5-6,8-17H,3-4,7,18H2,1-2H3. The van der Waals surface area contributed by atoms with E-state index >= 15 is 0 Å². The highest BCUT2D eigenvalue weighted by molar-refractivity contribution is 9.10. The van der Waals surface area contributed by atoms with Crippen molar-refractivity contribution >= 4 is 37.5 Å². The van der Waals surface area contributed by atoms with Crippen LogP contribution in [0.1, 0.15) is 30.9 Å². The molecule has 3 aromatic carbocycles. The summed E-state index contributed by atoms with van der Waals surface area (Å²) < 4.78 is 34.1. The first-order valence-electron chi connectivity index (χ1n) is 10.4. The van der Waals surface area contributed by atoms with Gasteiger partial charge >= 0.3 is 0 Å². The highest BCUT2D eigenvalue weighted by Crippen LogP contribution is 2.27. The maximum absolute atomic E-state index is 13.5. The number of hydrogen-bond donors (Lipinski definition) is 0. The minimum atomic E-state index is -4.12. The SMILES string of the molecule is CCCCc1ccc(N(C(=O)COc2ccccc2Br)S(=O)(=O)c2ccc(C)cc2)cc1. The number of sulfonamides is 1. The molecule has 0 fully saturated rings. The fourth-order valence-corrected chi connectivity index (χ4v) is 4.98. The van der Waals surface area contributed by atoms with E-state index in [9.17, 15) is 13.2 Å². The normalized spacial score (nSPS) is 11.2. The van der Waals surface area contributed by atoms with Gasteiger partial charge in [-0.3, -0.25) is 4.79 Å². The second kappa shape index (κ2) is 10.8. The number of nitrogens with zero attached hydrogens (tertiary/aromatic N) is 1. The minimum Gasteiger partial charge on any atom is -0.483 e. The van der Waals surface area contributed by atoms with Gasteiger partial charge in [0.2, 0.25) is 0 Å². The number of halogens is 1. The van der Waals surface area contributed by atoms with Gasteiger partial charge in [-0.1, -0.05) is 55.3 Å². The van der Waals surface area contributed by atoms with E-state index in [1.165, 1.54) is 12.1 Å². The Morgan fingerprint density at radius 2 is 1.62 bits per heavy atom. The van der Waals surface area contributed by atoms with Gasteiger partial charge in [-0.25, -0.2) is 8.42 Å². The molecule has 5 nitrogen and oxygen atoms in total. The van der Waals surface area contributed by atoms with Crippen LogP contribution in [-0.2, 0) is 21.2 Å². The van der Waals surface area contributed by atoms with Crippen LogP contribution in [0.15, 0.2) is 82.2 Å². The zero-order valence-corrected chi connectivity index (χ0v) is 20.5. The molecule has 0 aromatic heterocycles. The zero-order valence-electron chi connectivity index (χ0n) is 18.1. The molecule has 0 radical (unpaired) electrons. The molecule has 3 rings (SSSR count). The maximum atomic E-state index is 13.5. The van der Waals surface area contributed by atoms with Crippen molar-refractivity contribution in [3.63, 3.8) is 0 Å². The Kier molecular flexibility index (Phi) is 8.10. The molecule has 0 heterocycles. The Hall–Kier alpha value is -2.64. The highest BCUT2D eigenvalue weighted by Gasteiger charge is 2.31. The van der Waals surface area contributed by atoms with Crippen molar-refractivity contribution in [3.05, 3.63) is 88.4 Å². The molecule has 0 aliphatic carbocycles. The van der Waals surface area contributed by atoms with Crippen molar-refractivity contribution in [3.8, 4) is 5.75 Å². The average Bonchev–Trinajstić information content (AvgIpc) is 2.78. The number of para-hydroxylation sites is 1. The second-order valence-electron chi connectivity index (χ2n) is 7.47. The van der Waals surface area contributed by atoms with Crippen LogP contribution in [0.2, 0.25) is 0 Å². The molecular formula is C25H26BrNO4S. The lowest BCUT2D eigenvalue weighted by Gasteiger charge is -2.23.